The Morgan fingerprint density at radius 3 is 2.47 bits per heavy atom. The van der Waals surface area contributed by atoms with Crippen LogP contribution in [0.15, 0.2) is 36.7 Å². The van der Waals surface area contributed by atoms with Crippen molar-refractivity contribution in [2.45, 2.75) is 13.5 Å². The Labute approximate surface area is 89.0 Å². The van der Waals surface area contributed by atoms with Gasteiger partial charge in [-0.25, -0.2) is 9.97 Å². The SMILES string of the molecule is Cc1cccc(-c2cnc(CN)nc2)c1. The summed E-state index contributed by atoms with van der Waals surface area (Å²) in [5.41, 5.74) is 8.83. The smallest absolute Gasteiger partial charge is 0.141 e. The molecular weight excluding hydrogens is 186 g/mol. The van der Waals surface area contributed by atoms with Crippen molar-refractivity contribution in [2.75, 3.05) is 0 Å². The molecule has 0 aliphatic carbocycles. The number of rotatable bonds is 2. The molecule has 3 heteroatoms. The molecule has 0 aliphatic heterocycles. The van der Waals surface area contributed by atoms with Crippen LogP contribution in [0.4, 0.5) is 0 Å². The van der Waals surface area contributed by atoms with Crippen LogP contribution in [0, 0.1) is 6.92 Å². The average Bonchev–Trinajstić information content (AvgIpc) is 2.29. The van der Waals surface area contributed by atoms with Crippen molar-refractivity contribution in [1.82, 2.24) is 9.97 Å². The van der Waals surface area contributed by atoms with Crippen molar-refractivity contribution in [3.8, 4) is 11.1 Å². The maximum atomic E-state index is 5.44. The molecule has 0 radical (unpaired) electrons. The van der Waals surface area contributed by atoms with Gasteiger partial charge in [0.25, 0.3) is 0 Å². The van der Waals surface area contributed by atoms with E-state index in [2.05, 4.69) is 29.0 Å². The van der Waals surface area contributed by atoms with Gasteiger partial charge in [-0.1, -0.05) is 29.8 Å². The van der Waals surface area contributed by atoms with Gasteiger partial charge in [-0.15, -0.1) is 0 Å². The van der Waals surface area contributed by atoms with Crippen LogP contribution in [0.3, 0.4) is 0 Å². The number of benzene rings is 1. The molecule has 0 amide bonds. The molecule has 0 unspecified atom stereocenters. The number of nitrogens with zero attached hydrogens (tertiary/aromatic N) is 2. The third kappa shape index (κ3) is 2.19. The van der Waals surface area contributed by atoms with Crippen LogP contribution in [0.5, 0.6) is 0 Å². The van der Waals surface area contributed by atoms with E-state index in [1.807, 2.05) is 24.5 Å². The summed E-state index contributed by atoms with van der Waals surface area (Å²) in [7, 11) is 0. The zero-order chi connectivity index (χ0) is 10.7. The second-order valence-corrected chi connectivity index (χ2v) is 3.46. The van der Waals surface area contributed by atoms with Crippen molar-refractivity contribution in [1.29, 1.82) is 0 Å². The van der Waals surface area contributed by atoms with Gasteiger partial charge in [0.2, 0.25) is 0 Å². The third-order valence-corrected chi connectivity index (χ3v) is 2.24. The van der Waals surface area contributed by atoms with E-state index in [9.17, 15) is 0 Å². The molecule has 2 aromatic rings. The van der Waals surface area contributed by atoms with Crippen molar-refractivity contribution >= 4 is 0 Å². The minimum absolute atomic E-state index is 0.383. The lowest BCUT2D eigenvalue weighted by molar-refractivity contribution is 0.910. The number of hydrogen-bond acceptors (Lipinski definition) is 3. The second-order valence-electron chi connectivity index (χ2n) is 3.46. The Kier molecular flexibility index (Phi) is 2.74. The standard InChI is InChI=1S/C12H13N3/c1-9-3-2-4-10(5-9)11-7-14-12(6-13)15-8-11/h2-5,7-8H,6,13H2,1H3. The molecule has 0 saturated carbocycles. The predicted octanol–water partition coefficient (Wildman–Crippen LogP) is 1.91. The lowest BCUT2D eigenvalue weighted by atomic mass is 10.1. The molecule has 2 N–H and O–H groups in total. The monoisotopic (exact) mass is 199 g/mol. The maximum absolute atomic E-state index is 5.44. The zero-order valence-electron chi connectivity index (χ0n) is 8.64. The van der Waals surface area contributed by atoms with Gasteiger partial charge in [0.15, 0.2) is 0 Å². The van der Waals surface area contributed by atoms with E-state index in [1.54, 1.807) is 0 Å². The van der Waals surface area contributed by atoms with Crippen molar-refractivity contribution in [2.24, 2.45) is 5.73 Å². The summed E-state index contributed by atoms with van der Waals surface area (Å²) < 4.78 is 0. The van der Waals surface area contributed by atoms with Crippen LogP contribution in [0.2, 0.25) is 0 Å². The van der Waals surface area contributed by atoms with Crippen LogP contribution < -0.4 is 5.73 Å². The normalized spacial score (nSPS) is 10.3. The van der Waals surface area contributed by atoms with E-state index in [4.69, 9.17) is 5.73 Å². The third-order valence-electron chi connectivity index (χ3n) is 2.24. The first-order valence-corrected chi connectivity index (χ1v) is 4.87. The van der Waals surface area contributed by atoms with Crippen LogP contribution >= 0.6 is 0 Å². The molecule has 0 bridgehead atoms. The Morgan fingerprint density at radius 2 is 1.87 bits per heavy atom. The van der Waals surface area contributed by atoms with Gasteiger partial charge >= 0.3 is 0 Å². The van der Waals surface area contributed by atoms with Gasteiger partial charge in [-0.05, 0) is 12.5 Å². The summed E-state index contributed by atoms with van der Waals surface area (Å²) in [5.74, 6) is 0.673. The molecule has 2 rings (SSSR count). The Morgan fingerprint density at radius 1 is 1.13 bits per heavy atom. The number of nitrogens with two attached hydrogens (primary N) is 1. The molecule has 1 heterocycles. The van der Waals surface area contributed by atoms with Crippen LogP contribution in [-0.2, 0) is 6.54 Å². The zero-order valence-corrected chi connectivity index (χ0v) is 8.64. The maximum Gasteiger partial charge on any atom is 0.141 e. The molecule has 1 aromatic heterocycles. The molecule has 0 fully saturated rings. The average molecular weight is 199 g/mol. The molecule has 0 saturated heterocycles. The highest BCUT2D eigenvalue weighted by Gasteiger charge is 1.99. The fourth-order valence-corrected chi connectivity index (χ4v) is 1.43. The molecule has 15 heavy (non-hydrogen) atoms. The largest absolute Gasteiger partial charge is 0.324 e. The van der Waals surface area contributed by atoms with E-state index >= 15 is 0 Å². The summed E-state index contributed by atoms with van der Waals surface area (Å²) in [5, 5.41) is 0. The van der Waals surface area contributed by atoms with Crippen molar-refractivity contribution in [3.63, 3.8) is 0 Å². The molecule has 1 aromatic carbocycles. The first-order valence-electron chi connectivity index (χ1n) is 4.87. The van der Waals surface area contributed by atoms with Crippen LogP contribution in [0.25, 0.3) is 11.1 Å². The Hall–Kier alpha value is -1.74. The van der Waals surface area contributed by atoms with Crippen LogP contribution in [-0.4, -0.2) is 9.97 Å². The molecule has 0 atom stereocenters. The lowest BCUT2D eigenvalue weighted by Gasteiger charge is -2.02. The number of hydrogen-bond donors (Lipinski definition) is 1. The topological polar surface area (TPSA) is 51.8 Å². The predicted molar refractivity (Wildman–Crippen MR) is 60.1 cm³/mol. The van der Waals surface area contributed by atoms with Crippen molar-refractivity contribution in [3.05, 3.63) is 48.0 Å². The summed E-state index contributed by atoms with van der Waals surface area (Å²) in [6.07, 6.45) is 3.62. The summed E-state index contributed by atoms with van der Waals surface area (Å²) >= 11 is 0. The van der Waals surface area contributed by atoms with E-state index in [-0.39, 0.29) is 0 Å². The Bertz CT molecular complexity index is 449. The van der Waals surface area contributed by atoms with Crippen LogP contribution in [0.1, 0.15) is 11.4 Å². The summed E-state index contributed by atoms with van der Waals surface area (Å²) in [6.45, 7) is 2.45. The quantitative estimate of drug-likeness (QED) is 0.803. The van der Waals surface area contributed by atoms with Gasteiger partial charge < -0.3 is 5.73 Å². The van der Waals surface area contributed by atoms with Gasteiger partial charge in [-0.3, -0.25) is 0 Å². The van der Waals surface area contributed by atoms with E-state index < -0.39 is 0 Å². The van der Waals surface area contributed by atoms with E-state index in [1.165, 1.54) is 5.56 Å². The molecule has 0 spiro atoms. The fraction of sp³-hybridized carbons (Fsp3) is 0.167. The molecule has 3 nitrogen and oxygen atoms in total. The van der Waals surface area contributed by atoms with Gasteiger partial charge in [0.05, 0.1) is 6.54 Å². The highest BCUT2D eigenvalue weighted by Crippen LogP contribution is 2.18. The number of aromatic nitrogens is 2. The fourth-order valence-electron chi connectivity index (χ4n) is 1.43. The second kappa shape index (κ2) is 4.19. The molecule has 0 aliphatic rings. The van der Waals surface area contributed by atoms with E-state index in [0.29, 0.717) is 12.4 Å². The van der Waals surface area contributed by atoms with Crippen molar-refractivity contribution < 1.29 is 0 Å². The molecular formula is C12H13N3. The summed E-state index contributed by atoms with van der Waals surface area (Å²) in [4.78, 5) is 8.33. The van der Waals surface area contributed by atoms with Gasteiger partial charge in [0.1, 0.15) is 5.82 Å². The summed E-state index contributed by atoms with van der Waals surface area (Å²) in [6, 6.07) is 8.26. The first-order chi connectivity index (χ1) is 7.29. The number of aryl methyl sites for hydroxylation is 1. The highest BCUT2D eigenvalue weighted by atomic mass is 14.9. The van der Waals surface area contributed by atoms with Gasteiger partial charge in [-0.2, -0.15) is 0 Å². The minimum atomic E-state index is 0.383. The first kappa shape index (κ1) is 9.80. The minimum Gasteiger partial charge on any atom is -0.324 e. The van der Waals surface area contributed by atoms with Gasteiger partial charge in [0, 0.05) is 18.0 Å². The Balaban J connectivity index is 2.37. The van der Waals surface area contributed by atoms with E-state index in [0.717, 1.165) is 11.1 Å². The lowest BCUT2D eigenvalue weighted by Crippen LogP contribution is -2.02. The molecule has 76 valence electrons. The highest BCUT2D eigenvalue weighted by molar-refractivity contribution is 5.62.